The van der Waals surface area contributed by atoms with Gasteiger partial charge in [0.15, 0.2) is 21.1 Å². The Bertz CT molecular complexity index is 1320. The van der Waals surface area contributed by atoms with Crippen LogP contribution in [0, 0.1) is 0 Å². The maximum atomic E-state index is 13.4. The van der Waals surface area contributed by atoms with Crippen molar-refractivity contribution in [3.63, 3.8) is 0 Å². The lowest BCUT2D eigenvalue weighted by Gasteiger charge is -2.44. The smallest absolute Gasteiger partial charge is 0.415 e. The van der Waals surface area contributed by atoms with Crippen LogP contribution >= 0.6 is 0 Å². The first kappa shape index (κ1) is 26.6. The van der Waals surface area contributed by atoms with E-state index >= 15 is 0 Å². The lowest BCUT2D eigenvalue weighted by atomic mass is 9.91. The summed E-state index contributed by atoms with van der Waals surface area (Å²) in [6, 6.07) is 9.83. The summed E-state index contributed by atoms with van der Waals surface area (Å²) in [7, 11) is 1.26. The molecule has 0 bridgehead atoms. The van der Waals surface area contributed by atoms with Crippen molar-refractivity contribution in [2.45, 2.75) is 70.7 Å². The largest absolute Gasteiger partial charge is 0.496 e. The molecule has 0 fully saturated rings. The fourth-order valence-electron chi connectivity index (χ4n) is 7.34. The molecule has 0 saturated heterocycles. The lowest BCUT2D eigenvalue weighted by molar-refractivity contribution is 0.0511. The summed E-state index contributed by atoms with van der Waals surface area (Å²) in [5.74, 6) is 1.45. The fourth-order valence-corrected chi connectivity index (χ4v) is 14.0. The molecule has 1 unspecified atom stereocenters. The number of nitrogens with zero attached hydrogens (tertiary/aromatic N) is 2. The summed E-state index contributed by atoms with van der Waals surface area (Å²) in [4.78, 5) is 15.2. The molecule has 0 saturated carbocycles. The van der Waals surface area contributed by atoms with Crippen LogP contribution in [0.5, 0.6) is 11.5 Å². The lowest BCUT2D eigenvalue weighted by Crippen LogP contribution is -2.51. The Hall–Kier alpha value is -2.97. The minimum Gasteiger partial charge on any atom is -0.496 e. The van der Waals surface area contributed by atoms with E-state index < -0.39 is 14.3 Å². The topological polar surface area (TPSA) is 62.2 Å². The summed E-state index contributed by atoms with van der Waals surface area (Å²) >= 11 is 0. The maximum absolute atomic E-state index is 13.4. The third-order valence-electron chi connectivity index (χ3n) is 8.66. The molecule has 8 heteroatoms. The number of cyclic esters (lactones) is 1. The number of ether oxygens (including phenoxy) is 4. The molecule has 1 amide bonds. The molecular formula is C30H40N2O5Si. The number of benzene rings is 2. The molecule has 5 rings (SSSR count). The standard InChI is InChI=1S/C30H40N2O5Si/c1-18(2)38(19(3)4,20(5)6)32-16-22-13-14-31-28-26(22)24(32)15-25(35-8)27(28)29(37-30(31)33)21-9-11-23(12-10-21)36-17-34-7/h9-12,15-16,18-20,29H,13-14,17H2,1-8H3. The van der Waals surface area contributed by atoms with Crippen LogP contribution in [-0.4, -0.2) is 46.1 Å². The van der Waals surface area contributed by atoms with Crippen molar-refractivity contribution in [3.8, 4) is 11.5 Å². The Morgan fingerprint density at radius 2 is 1.68 bits per heavy atom. The average Bonchev–Trinajstić information content (AvgIpc) is 3.25. The van der Waals surface area contributed by atoms with E-state index in [1.165, 1.54) is 16.5 Å². The summed E-state index contributed by atoms with van der Waals surface area (Å²) in [5.41, 5.74) is 6.85. The van der Waals surface area contributed by atoms with Crippen molar-refractivity contribution in [3.05, 3.63) is 53.2 Å². The van der Waals surface area contributed by atoms with E-state index in [4.69, 9.17) is 18.9 Å². The van der Waals surface area contributed by atoms with Gasteiger partial charge in [-0.25, -0.2) is 4.79 Å². The molecule has 38 heavy (non-hydrogen) atoms. The van der Waals surface area contributed by atoms with Gasteiger partial charge < -0.3 is 23.2 Å². The quantitative estimate of drug-likeness (QED) is 0.213. The minimum atomic E-state index is -2.04. The second-order valence-electron chi connectivity index (χ2n) is 11.4. The second kappa shape index (κ2) is 9.97. The number of aromatic nitrogens is 1. The van der Waals surface area contributed by atoms with Gasteiger partial charge >= 0.3 is 6.09 Å². The summed E-state index contributed by atoms with van der Waals surface area (Å²) in [6.07, 6.45) is 2.34. The van der Waals surface area contributed by atoms with Crippen molar-refractivity contribution in [1.82, 2.24) is 4.23 Å². The number of methoxy groups -OCH3 is 2. The molecule has 2 aliphatic heterocycles. The zero-order chi connectivity index (χ0) is 27.4. The Balaban J connectivity index is 1.76. The first-order valence-corrected chi connectivity index (χ1v) is 15.8. The summed E-state index contributed by atoms with van der Waals surface area (Å²) in [5, 5.41) is 1.17. The van der Waals surface area contributed by atoms with Crippen LogP contribution in [-0.2, 0) is 15.9 Å². The summed E-state index contributed by atoms with van der Waals surface area (Å²) < 4.78 is 25.3. The van der Waals surface area contributed by atoms with Crippen LogP contribution in [0.15, 0.2) is 36.5 Å². The van der Waals surface area contributed by atoms with Gasteiger partial charge in [-0.05, 0) is 52.5 Å². The second-order valence-corrected chi connectivity index (χ2v) is 17.1. The Kier molecular flexibility index (Phi) is 6.98. The first-order valence-electron chi connectivity index (χ1n) is 13.6. The maximum Gasteiger partial charge on any atom is 0.415 e. The fraction of sp³-hybridized carbons (Fsp3) is 0.500. The van der Waals surface area contributed by atoms with E-state index in [1.54, 1.807) is 14.2 Å². The van der Waals surface area contributed by atoms with Crippen LogP contribution in [0.3, 0.4) is 0 Å². The average molecular weight is 537 g/mol. The zero-order valence-corrected chi connectivity index (χ0v) is 24.8. The number of anilines is 1. The SMILES string of the molecule is COCOc1ccc(C2OC(=O)N3CCc4cn([Si](C(C)C)(C(C)C)C(C)C)c5cc(OC)c2c3c45)cc1. The highest BCUT2D eigenvalue weighted by Gasteiger charge is 2.48. The molecule has 0 N–H and O–H groups in total. The van der Waals surface area contributed by atoms with E-state index in [0.717, 1.165) is 29.0 Å². The van der Waals surface area contributed by atoms with E-state index in [9.17, 15) is 4.79 Å². The number of hydrogen-bond acceptors (Lipinski definition) is 5. The van der Waals surface area contributed by atoms with Crippen LogP contribution in [0.25, 0.3) is 10.9 Å². The van der Waals surface area contributed by atoms with Crippen molar-refractivity contribution >= 4 is 30.9 Å². The number of carbonyl (C=O) groups is 1. The third-order valence-corrected chi connectivity index (χ3v) is 15.4. The van der Waals surface area contributed by atoms with Gasteiger partial charge in [0.05, 0.1) is 18.4 Å². The molecule has 1 aromatic heterocycles. The van der Waals surface area contributed by atoms with E-state index in [0.29, 0.717) is 28.9 Å². The van der Waals surface area contributed by atoms with Crippen LogP contribution in [0.1, 0.15) is 64.3 Å². The molecule has 0 aliphatic carbocycles. The van der Waals surface area contributed by atoms with Gasteiger partial charge in [0, 0.05) is 30.6 Å². The highest BCUT2D eigenvalue weighted by atomic mass is 28.3. The van der Waals surface area contributed by atoms with Gasteiger partial charge in [0.25, 0.3) is 0 Å². The molecular weight excluding hydrogens is 496 g/mol. The zero-order valence-electron chi connectivity index (χ0n) is 23.8. The number of amides is 1. The molecule has 7 nitrogen and oxygen atoms in total. The van der Waals surface area contributed by atoms with Crippen LogP contribution in [0.4, 0.5) is 10.5 Å². The van der Waals surface area contributed by atoms with Crippen molar-refractivity contribution < 1.29 is 23.7 Å². The highest BCUT2D eigenvalue weighted by molar-refractivity contribution is 6.82. The van der Waals surface area contributed by atoms with Crippen molar-refractivity contribution in [1.29, 1.82) is 0 Å². The first-order chi connectivity index (χ1) is 18.2. The normalized spacial score (nSPS) is 17.1. The summed E-state index contributed by atoms with van der Waals surface area (Å²) in [6.45, 7) is 15.1. The van der Waals surface area contributed by atoms with Gasteiger partial charge in [-0.15, -0.1) is 0 Å². The van der Waals surface area contributed by atoms with Gasteiger partial charge in [-0.1, -0.05) is 53.7 Å². The highest BCUT2D eigenvalue weighted by Crippen LogP contribution is 2.53. The molecule has 3 heterocycles. The monoisotopic (exact) mass is 536 g/mol. The predicted molar refractivity (Wildman–Crippen MR) is 153 cm³/mol. The molecule has 1 atom stereocenters. The van der Waals surface area contributed by atoms with Crippen LogP contribution in [0.2, 0.25) is 16.6 Å². The molecule has 2 aromatic carbocycles. The van der Waals surface area contributed by atoms with E-state index in [2.05, 4.69) is 58.0 Å². The van der Waals surface area contributed by atoms with Crippen LogP contribution < -0.4 is 14.4 Å². The minimum absolute atomic E-state index is 0.176. The van der Waals surface area contributed by atoms with Crippen molar-refractivity contribution in [2.75, 3.05) is 32.5 Å². The van der Waals surface area contributed by atoms with Crippen molar-refractivity contribution in [2.24, 2.45) is 0 Å². The Labute approximate surface area is 226 Å². The third kappa shape index (κ3) is 3.83. The molecule has 0 radical (unpaired) electrons. The molecule has 204 valence electrons. The van der Waals surface area contributed by atoms with E-state index in [1.807, 2.05) is 29.2 Å². The van der Waals surface area contributed by atoms with E-state index in [-0.39, 0.29) is 12.9 Å². The van der Waals surface area contributed by atoms with Gasteiger partial charge in [0.2, 0.25) is 0 Å². The Morgan fingerprint density at radius 3 is 2.26 bits per heavy atom. The molecule has 0 spiro atoms. The van der Waals surface area contributed by atoms with Gasteiger partial charge in [-0.3, -0.25) is 4.90 Å². The molecule has 2 aliphatic rings. The number of carbonyl (C=O) groups excluding carboxylic acids is 1. The number of hydrogen-bond donors (Lipinski definition) is 0. The number of rotatable bonds is 9. The predicted octanol–water partition coefficient (Wildman–Crippen LogP) is 7.26. The van der Waals surface area contributed by atoms with Gasteiger partial charge in [0.1, 0.15) is 11.5 Å². The molecule has 3 aromatic rings. The Morgan fingerprint density at radius 1 is 1.03 bits per heavy atom. The van der Waals surface area contributed by atoms with Gasteiger partial charge in [-0.2, -0.15) is 0 Å².